The number of hydrogen-bond donors (Lipinski definition) is 4. The number of carboxylic acid groups (broad SMARTS) is 1. The van der Waals surface area contributed by atoms with Gasteiger partial charge in [0, 0.05) is 19.5 Å². The molecular formula is C27H29ClN8O7. The molecule has 15 nitrogen and oxygen atoms in total. The lowest BCUT2D eigenvalue weighted by Gasteiger charge is -2.16. The topological polar surface area (TPSA) is 231 Å². The van der Waals surface area contributed by atoms with Crippen LogP contribution in [-0.2, 0) is 16.1 Å². The number of aryl methyl sites for hydroxylation is 1. The van der Waals surface area contributed by atoms with E-state index < -0.39 is 29.8 Å². The standard InChI is InChI=1S/C17H14N6O6.C9H10N2O.CH4.ClH/c1-29-17(28)9-4-2-8(3-5-9)13(14(18)24)21-15(25)10-6-11(16(26)27)23-12(20-10)7-19-22-23;1-6-11-8-4-7(5-10)2-3-9(8)12-6;;/h2-7,13H,1H3,(H2,18,24)(H,21,25)(H,26,27);2-4H,5,10H2,1H3;1H4;1H/t13-;;;/m1.../s1. The Morgan fingerprint density at radius 2 is 1.79 bits per heavy atom. The predicted molar refractivity (Wildman–Crippen MR) is 156 cm³/mol. The molecule has 1 atom stereocenters. The molecule has 0 radical (unpaired) electrons. The maximum absolute atomic E-state index is 12.6. The summed E-state index contributed by atoms with van der Waals surface area (Å²) >= 11 is 0. The molecular weight excluding hydrogens is 584 g/mol. The first-order chi connectivity index (χ1) is 19.6. The number of nitrogens with zero attached hydrogens (tertiary/aromatic N) is 5. The maximum Gasteiger partial charge on any atom is 0.354 e. The van der Waals surface area contributed by atoms with E-state index in [2.05, 4.69) is 30.3 Å². The third-order valence-corrected chi connectivity index (χ3v) is 5.74. The molecule has 2 aromatic carbocycles. The molecule has 5 aromatic rings. The lowest BCUT2D eigenvalue weighted by molar-refractivity contribution is -0.120. The number of oxazole rings is 1. The Balaban J connectivity index is 0.000000386. The van der Waals surface area contributed by atoms with E-state index in [1.807, 2.05) is 25.1 Å². The van der Waals surface area contributed by atoms with Crippen LogP contribution in [0.25, 0.3) is 16.7 Å². The Bertz CT molecular complexity index is 1770. The number of carbonyl (C=O) groups excluding carboxylic acids is 3. The summed E-state index contributed by atoms with van der Waals surface area (Å²) in [4.78, 5) is 55.5. The quantitative estimate of drug-likeness (QED) is 0.194. The highest BCUT2D eigenvalue weighted by atomic mass is 35.5. The van der Waals surface area contributed by atoms with Crippen molar-refractivity contribution in [2.45, 2.75) is 26.9 Å². The number of nitrogens with two attached hydrogens (primary N) is 2. The first-order valence-electron chi connectivity index (χ1n) is 11.9. The Morgan fingerprint density at radius 1 is 1.09 bits per heavy atom. The smallest absolute Gasteiger partial charge is 0.354 e. The van der Waals surface area contributed by atoms with E-state index >= 15 is 0 Å². The number of aromatic nitrogens is 5. The van der Waals surface area contributed by atoms with Crippen molar-refractivity contribution in [1.82, 2.24) is 30.1 Å². The van der Waals surface area contributed by atoms with Crippen LogP contribution >= 0.6 is 12.4 Å². The van der Waals surface area contributed by atoms with Gasteiger partial charge >= 0.3 is 11.9 Å². The molecule has 0 saturated heterocycles. The third-order valence-electron chi connectivity index (χ3n) is 5.74. The van der Waals surface area contributed by atoms with Gasteiger partial charge in [-0.3, -0.25) is 9.59 Å². The number of ether oxygens (including phenoxy) is 1. The molecule has 5 rings (SSSR count). The average molecular weight is 613 g/mol. The number of benzene rings is 2. The van der Waals surface area contributed by atoms with Gasteiger partial charge < -0.3 is 31.0 Å². The lowest BCUT2D eigenvalue weighted by atomic mass is 10.0. The number of fused-ring (bicyclic) bond motifs is 2. The van der Waals surface area contributed by atoms with E-state index in [-0.39, 0.29) is 42.4 Å². The number of halogens is 1. The van der Waals surface area contributed by atoms with E-state index in [9.17, 15) is 24.3 Å². The van der Waals surface area contributed by atoms with Crippen molar-refractivity contribution < 1.29 is 33.4 Å². The number of carboxylic acids is 1. The second kappa shape index (κ2) is 14.5. The summed E-state index contributed by atoms with van der Waals surface area (Å²) in [7, 11) is 1.23. The van der Waals surface area contributed by atoms with Crippen molar-refractivity contribution in [2.24, 2.45) is 11.5 Å². The van der Waals surface area contributed by atoms with Gasteiger partial charge in [0.05, 0.1) is 18.9 Å². The lowest BCUT2D eigenvalue weighted by Crippen LogP contribution is -2.38. The molecule has 0 aliphatic carbocycles. The van der Waals surface area contributed by atoms with Crippen molar-refractivity contribution in [3.63, 3.8) is 0 Å². The summed E-state index contributed by atoms with van der Waals surface area (Å²) in [5.74, 6) is -2.92. The molecule has 6 N–H and O–H groups in total. The number of hydrogen-bond acceptors (Lipinski definition) is 11. The number of esters is 1. The van der Waals surface area contributed by atoms with Crippen molar-refractivity contribution in [2.75, 3.05) is 7.11 Å². The van der Waals surface area contributed by atoms with Crippen molar-refractivity contribution in [3.8, 4) is 0 Å². The molecule has 0 saturated carbocycles. The molecule has 3 aromatic heterocycles. The van der Waals surface area contributed by atoms with Crippen LogP contribution in [0.15, 0.2) is 59.1 Å². The number of amides is 2. The van der Waals surface area contributed by atoms with E-state index in [4.69, 9.17) is 15.9 Å². The molecule has 2 amide bonds. The fourth-order valence-corrected chi connectivity index (χ4v) is 3.76. The number of nitrogens with one attached hydrogen (secondary N) is 1. The first kappa shape index (κ1) is 33.8. The monoisotopic (exact) mass is 612 g/mol. The van der Waals surface area contributed by atoms with Gasteiger partial charge in [0.1, 0.15) is 17.3 Å². The zero-order valence-corrected chi connectivity index (χ0v) is 23.0. The first-order valence-corrected chi connectivity index (χ1v) is 11.9. The van der Waals surface area contributed by atoms with Crippen LogP contribution < -0.4 is 16.8 Å². The van der Waals surface area contributed by atoms with E-state index in [1.165, 1.54) is 37.6 Å². The fourth-order valence-electron chi connectivity index (χ4n) is 3.76. The largest absolute Gasteiger partial charge is 0.477 e. The zero-order chi connectivity index (χ0) is 29.7. The van der Waals surface area contributed by atoms with Crippen molar-refractivity contribution >= 4 is 52.9 Å². The van der Waals surface area contributed by atoms with Crippen LogP contribution in [0, 0.1) is 6.92 Å². The summed E-state index contributed by atoms with van der Waals surface area (Å²) in [6.45, 7) is 2.38. The van der Waals surface area contributed by atoms with Crippen LogP contribution in [0.4, 0.5) is 0 Å². The Hall–Kier alpha value is -5.41. The van der Waals surface area contributed by atoms with E-state index in [1.54, 1.807) is 0 Å². The third kappa shape index (κ3) is 7.66. The minimum absolute atomic E-state index is 0. The van der Waals surface area contributed by atoms with Crippen molar-refractivity contribution in [1.29, 1.82) is 0 Å². The average Bonchev–Trinajstić information content (AvgIpc) is 3.60. The van der Waals surface area contributed by atoms with E-state index in [0.717, 1.165) is 27.2 Å². The minimum Gasteiger partial charge on any atom is -0.477 e. The van der Waals surface area contributed by atoms with Gasteiger partial charge in [-0.25, -0.2) is 19.6 Å². The molecule has 0 spiro atoms. The van der Waals surface area contributed by atoms with Crippen LogP contribution in [0.3, 0.4) is 0 Å². The summed E-state index contributed by atoms with van der Waals surface area (Å²) in [6.07, 6.45) is 1.18. The van der Waals surface area contributed by atoms with Gasteiger partial charge in [-0.1, -0.05) is 30.8 Å². The molecule has 0 bridgehead atoms. The van der Waals surface area contributed by atoms with Gasteiger partial charge in [-0.2, -0.15) is 4.52 Å². The summed E-state index contributed by atoms with van der Waals surface area (Å²) in [6, 6.07) is 11.2. The highest BCUT2D eigenvalue weighted by molar-refractivity contribution is 5.98. The molecule has 0 fully saturated rings. The van der Waals surface area contributed by atoms with Gasteiger partial charge in [0.2, 0.25) is 5.91 Å². The number of methoxy groups -OCH3 is 1. The van der Waals surface area contributed by atoms with Crippen LogP contribution in [0.5, 0.6) is 0 Å². The molecule has 0 aliphatic rings. The SMILES string of the molecule is C.COC(=O)c1ccc([C@@H](NC(=O)c2cc(C(=O)O)n3nncc3n2)C(N)=O)cc1.Cc1nc2cc(CN)ccc2o1.Cl. The summed E-state index contributed by atoms with van der Waals surface area (Å²) < 4.78 is 10.9. The minimum atomic E-state index is -1.35. The van der Waals surface area contributed by atoms with Gasteiger partial charge in [0.25, 0.3) is 5.91 Å². The molecule has 16 heteroatoms. The molecule has 226 valence electrons. The van der Waals surface area contributed by atoms with Crippen LogP contribution in [0.1, 0.15) is 61.8 Å². The van der Waals surface area contributed by atoms with Crippen LogP contribution in [-0.4, -0.2) is 60.8 Å². The second-order valence-corrected chi connectivity index (χ2v) is 8.50. The predicted octanol–water partition coefficient (Wildman–Crippen LogP) is 2.22. The Morgan fingerprint density at radius 3 is 2.40 bits per heavy atom. The molecule has 0 unspecified atom stereocenters. The van der Waals surface area contributed by atoms with Crippen LogP contribution in [0.2, 0.25) is 0 Å². The van der Waals surface area contributed by atoms with Crippen molar-refractivity contribution in [3.05, 3.63) is 88.7 Å². The van der Waals surface area contributed by atoms with Gasteiger partial charge in [0.15, 0.2) is 22.8 Å². The Kier molecular flexibility index (Phi) is 11.4. The molecule has 0 aliphatic heterocycles. The highest BCUT2D eigenvalue weighted by Gasteiger charge is 2.24. The highest BCUT2D eigenvalue weighted by Crippen LogP contribution is 2.17. The fraction of sp³-hybridized carbons (Fsp3) is 0.185. The Labute approximate surface area is 250 Å². The number of rotatable bonds is 7. The van der Waals surface area contributed by atoms with Gasteiger partial charge in [-0.15, -0.1) is 17.5 Å². The molecule has 43 heavy (non-hydrogen) atoms. The number of primary amides is 1. The summed E-state index contributed by atoms with van der Waals surface area (Å²) in [5.41, 5.74) is 13.7. The normalized spacial score (nSPS) is 10.9. The number of carbonyl (C=O) groups is 4. The van der Waals surface area contributed by atoms with E-state index in [0.29, 0.717) is 18.0 Å². The molecule has 3 heterocycles. The zero-order valence-electron chi connectivity index (χ0n) is 22.2. The van der Waals surface area contributed by atoms with Gasteiger partial charge in [-0.05, 0) is 35.4 Å². The number of aromatic carboxylic acids is 1. The maximum atomic E-state index is 12.6. The summed E-state index contributed by atoms with van der Waals surface area (Å²) in [5, 5.41) is 18.8. The second-order valence-electron chi connectivity index (χ2n) is 8.50.